The van der Waals surface area contributed by atoms with Crippen LogP contribution in [-0.2, 0) is 11.2 Å². The SMILES string of the molecule is O=CCCc1c(F)cc2occc2c1F. The van der Waals surface area contributed by atoms with E-state index in [0.717, 1.165) is 6.07 Å². The first kappa shape index (κ1) is 9.83. The van der Waals surface area contributed by atoms with Gasteiger partial charge in [0.25, 0.3) is 0 Å². The van der Waals surface area contributed by atoms with Gasteiger partial charge in [-0.15, -0.1) is 0 Å². The molecular formula is C11H8F2O2. The Morgan fingerprint density at radius 3 is 2.93 bits per heavy atom. The second kappa shape index (κ2) is 3.81. The molecule has 0 aliphatic rings. The van der Waals surface area contributed by atoms with Gasteiger partial charge in [-0.2, -0.15) is 0 Å². The fraction of sp³-hybridized carbons (Fsp3) is 0.182. The van der Waals surface area contributed by atoms with Crippen LogP contribution in [0.2, 0.25) is 0 Å². The molecule has 1 heterocycles. The topological polar surface area (TPSA) is 30.2 Å². The van der Waals surface area contributed by atoms with Crippen LogP contribution in [0.15, 0.2) is 22.8 Å². The Hall–Kier alpha value is -1.71. The van der Waals surface area contributed by atoms with Gasteiger partial charge in [-0.05, 0) is 12.5 Å². The summed E-state index contributed by atoms with van der Waals surface area (Å²) in [5, 5.41) is 0.247. The predicted molar refractivity (Wildman–Crippen MR) is 50.5 cm³/mol. The van der Waals surface area contributed by atoms with Crippen molar-refractivity contribution in [2.45, 2.75) is 12.8 Å². The first-order valence-corrected chi connectivity index (χ1v) is 4.51. The monoisotopic (exact) mass is 210 g/mol. The van der Waals surface area contributed by atoms with E-state index in [1.165, 1.54) is 12.3 Å². The van der Waals surface area contributed by atoms with E-state index in [1.807, 2.05) is 0 Å². The molecule has 0 radical (unpaired) electrons. The summed E-state index contributed by atoms with van der Waals surface area (Å²) >= 11 is 0. The zero-order valence-corrected chi connectivity index (χ0v) is 7.80. The lowest BCUT2D eigenvalue weighted by Gasteiger charge is -2.03. The summed E-state index contributed by atoms with van der Waals surface area (Å²) in [6.45, 7) is 0. The van der Waals surface area contributed by atoms with E-state index in [0.29, 0.717) is 6.29 Å². The maximum absolute atomic E-state index is 13.7. The van der Waals surface area contributed by atoms with Crippen LogP contribution in [0.3, 0.4) is 0 Å². The number of fused-ring (bicyclic) bond motifs is 1. The Morgan fingerprint density at radius 1 is 1.40 bits per heavy atom. The molecule has 0 N–H and O–H groups in total. The average molecular weight is 210 g/mol. The van der Waals surface area contributed by atoms with Crippen molar-refractivity contribution in [2.75, 3.05) is 0 Å². The smallest absolute Gasteiger partial charge is 0.140 e. The van der Waals surface area contributed by atoms with Gasteiger partial charge in [0, 0.05) is 18.1 Å². The molecule has 0 spiro atoms. The second-order valence-corrected chi connectivity index (χ2v) is 3.19. The number of rotatable bonds is 3. The average Bonchev–Trinajstić information content (AvgIpc) is 2.65. The van der Waals surface area contributed by atoms with Gasteiger partial charge in [-0.1, -0.05) is 0 Å². The van der Waals surface area contributed by atoms with Crippen LogP contribution in [0.5, 0.6) is 0 Å². The third kappa shape index (κ3) is 1.63. The van der Waals surface area contributed by atoms with Gasteiger partial charge in [-0.3, -0.25) is 0 Å². The van der Waals surface area contributed by atoms with Gasteiger partial charge in [0.1, 0.15) is 23.5 Å². The number of aldehydes is 1. The standard InChI is InChI=1S/C11H8F2O2/c12-9-6-10-8(3-5-15-10)11(13)7(9)2-1-4-14/h3-6H,1-2H2. The molecule has 4 heteroatoms. The Bertz CT molecular complexity index is 503. The molecule has 15 heavy (non-hydrogen) atoms. The molecule has 0 bridgehead atoms. The van der Waals surface area contributed by atoms with Gasteiger partial charge in [-0.25, -0.2) is 8.78 Å². The minimum absolute atomic E-state index is 0.0593. The number of benzene rings is 1. The number of halogens is 2. The van der Waals surface area contributed by atoms with Crippen molar-refractivity contribution in [3.8, 4) is 0 Å². The van der Waals surface area contributed by atoms with Crippen LogP contribution in [0.1, 0.15) is 12.0 Å². The minimum Gasteiger partial charge on any atom is -0.464 e. The van der Waals surface area contributed by atoms with Gasteiger partial charge >= 0.3 is 0 Å². The zero-order chi connectivity index (χ0) is 10.8. The normalized spacial score (nSPS) is 10.8. The lowest BCUT2D eigenvalue weighted by molar-refractivity contribution is -0.107. The van der Waals surface area contributed by atoms with E-state index in [9.17, 15) is 13.6 Å². The highest BCUT2D eigenvalue weighted by molar-refractivity contribution is 5.79. The molecule has 0 atom stereocenters. The van der Waals surface area contributed by atoms with E-state index in [1.54, 1.807) is 0 Å². The van der Waals surface area contributed by atoms with Crippen LogP contribution >= 0.6 is 0 Å². The number of hydrogen-bond donors (Lipinski definition) is 0. The molecule has 0 unspecified atom stereocenters. The molecule has 0 amide bonds. The van der Waals surface area contributed by atoms with Crippen molar-refractivity contribution in [1.82, 2.24) is 0 Å². The molecule has 2 nitrogen and oxygen atoms in total. The Labute approximate surface area is 84.5 Å². The Balaban J connectivity index is 2.56. The molecule has 1 aromatic carbocycles. The van der Waals surface area contributed by atoms with Crippen molar-refractivity contribution in [3.63, 3.8) is 0 Å². The van der Waals surface area contributed by atoms with Gasteiger partial charge in [0.2, 0.25) is 0 Å². The lowest BCUT2D eigenvalue weighted by atomic mass is 10.1. The predicted octanol–water partition coefficient (Wildman–Crippen LogP) is 2.84. The molecule has 1 aromatic heterocycles. The van der Waals surface area contributed by atoms with E-state index in [-0.39, 0.29) is 29.4 Å². The highest BCUT2D eigenvalue weighted by atomic mass is 19.1. The van der Waals surface area contributed by atoms with E-state index >= 15 is 0 Å². The summed E-state index contributed by atoms with van der Waals surface area (Å²) in [5.41, 5.74) is 0.121. The summed E-state index contributed by atoms with van der Waals surface area (Å²) < 4.78 is 31.9. The Morgan fingerprint density at radius 2 is 2.20 bits per heavy atom. The van der Waals surface area contributed by atoms with Gasteiger partial charge in [0.05, 0.1) is 11.6 Å². The maximum Gasteiger partial charge on any atom is 0.140 e. The quantitative estimate of drug-likeness (QED) is 0.729. The maximum atomic E-state index is 13.7. The number of carbonyl (C=O) groups excluding carboxylic acids is 1. The van der Waals surface area contributed by atoms with Crippen LogP contribution < -0.4 is 0 Å². The van der Waals surface area contributed by atoms with E-state index < -0.39 is 11.6 Å². The Kier molecular flexibility index (Phi) is 2.49. The van der Waals surface area contributed by atoms with Crippen LogP contribution in [0, 0.1) is 11.6 Å². The van der Waals surface area contributed by atoms with Crippen molar-refractivity contribution in [3.05, 3.63) is 35.6 Å². The molecule has 2 aromatic rings. The van der Waals surface area contributed by atoms with Gasteiger partial charge < -0.3 is 9.21 Å². The summed E-state index contributed by atoms with van der Waals surface area (Å²) in [5.74, 6) is -1.31. The fourth-order valence-electron chi connectivity index (χ4n) is 1.52. The fourth-order valence-corrected chi connectivity index (χ4v) is 1.52. The third-order valence-corrected chi connectivity index (χ3v) is 2.25. The largest absolute Gasteiger partial charge is 0.464 e. The molecule has 0 aliphatic heterocycles. The summed E-state index contributed by atoms with van der Waals surface area (Å²) in [7, 11) is 0. The van der Waals surface area contributed by atoms with Gasteiger partial charge in [0.15, 0.2) is 0 Å². The van der Waals surface area contributed by atoms with E-state index in [4.69, 9.17) is 4.42 Å². The molecule has 0 saturated carbocycles. The number of furan rings is 1. The first-order chi connectivity index (χ1) is 7.24. The number of hydrogen-bond acceptors (Lipinski definition) is 2. The molecule has 2 rings (SSSR count). The molecule has 0 saturated heterocycles. The molecule has 0 fully saturated rings. The van der Waals surface area contributed by atoms with Crippen molar-refractivity contribution < 1.29 is 18.0 Å². The van der Waals surface area contributed by atoms with Crippen molar-refractivity contribution >= 4 is 17.3 Å². The first-order valence-electron chi connectivity index (χ1n) is 4.51. The molecular weight excluding hydrogens is 202 g/mol. The van der Waals surface area contributed by atoms with Crippen molar-refractivity contribution in [2.24, 2.45) is 0 Å². The molecule has 78 valence electrons. The minimum atomic E-state index is -0.670. The van der Waals surface area contributed by atoms with Crippen LogP contribution in [-0.4, -0.2) is 6.29 Å². The lowest BCUT2D eigenvalue weighted by Crippen LogP contribution is -1.96. The van der Waals surface area contributed by atoms with E-state index in [2.05, 4.69) is 0 Å². The van der Waals surface area contributed by atoms with Crippen molar-refractivity contribution in [1.29, 1.82) is 0 Å². The second-order valence-electron chi connectivity index (χ2n) is 3.19. The molecule has 0 aliphatic carbocycles. The summed E-state index contributed by atoms with van der Waals surface area (Å²) in [6.07, 6.45) is 2.12. The van der Waals surface area contributed by atoms with Crippen LogP contribution in [0.4, 0.5) is 8.78 Å². The highest BCUT2D eigenvalue weighted by Gasteiger charge is 2.14. The number of carbonyl (C=O) groups is 1. The van der Waals surface area contributed by atoms with Crippen LogP contribution in [0.25, 0.3) is 11.0 Å². The summed E-state index contributed by atoms with van der Waals surface area (Å²) in [6, 6.07) is 2.58. The summed E-state index contributed by atoms with van der Waals surface area (Å²) in [4.78, 5) is 10.2. The zero-order valence-electron chi connectivity index (χ0n) is 7.80. The third-order valence-electron chi connectivity index (χ3n) is 2.25. The highest BCUT2D eigenvalue weighted by Crippen LogP contribution is 2.25.